The van der Waals surface area contributed by atoms with E-state index < -0.39 is 6.04 Å². The van der Waals surface area contributed by atoms with E-state index in [1.807, 2.05) is 11.5 Å². The molecule has 4 nitrogen and oxygen atoms in total. The summed E-state index contributed by atoms with van der Waals surface area (Å²) in [6.07, 6.45) is 0. The van der Waals surface area contributed by atoms with Crippen molar-refractivity contribution in [3.05, 3.63) is 29.8 Å². The lowest BCUT2D eigenvalue weighted by molar-refractivity contribution is 0.261. The fourth-order valence-electron chi connectivity index (χ4n) is 1.81. The van der Waals surface area contributed by atoms with Crippen molar-refractivity contribution in [1.82, 2.24) is 9.55 Å². The first-order chi connectivity index (χ1) is 7.67. The largest absolute Gasteiger partial charge is 0.394 e. The summed E-state index contributed by atoms with van der Waals surface area (Å²) >= 11 is 0. The maximum absolute atomic E-state index is 13.1. The summed E-state index contributed by atoms with van der Waals surface area (Å²) in [5.74, 6) is 0.289. The normalized spacial score (nSPS) is 13.2. The molecule has 1 aromatic heterocycles. The summed E-state index contributed by atoms with van der Waals surface area (Å²) in [7, 11) is 0. The van der Waals surface area contributed by atoms with Crippen molar-refractivity contribution in [2.75, 3.05) is 6.61 Å². The number of benzene rings is 1. The molecular formula is C11H14FN3O. The maximum atomic E-state index is 13.1. The number of nitrogens with zero attached hydrogens (tertiary/aromatic N) is 2. The number of rotatable bonds is 3. The molecule has 0 fully saturated rings. The van der Waals surface area contributed by atoms with Crippen molar-refractivity contribution in [3.8, 4) is 0 Å². The molecule has 0 bridgehead atoms. The van der Waals surface area contributed by atoms with Crippen LogP contribution in [-0.4, -0.2) is 21.3 Å². The average Bonchev–Trinajstić information content (AvgIpc) is 2.65. The number of halogens is 1. The van der Waals surface area contributed by atoms with Gasteiger partial charge in [0.05, 0.1) is 23.7 Å². The number of aryl methyl sites for hydroxylation is 1. The number of aliphatic hydroxyl groups excluding tert-OH is 1. The molecule has 0 aliphatic carbocycles. The van der Waals surface area contributed by atoms with Crippen molar-refractivity contribution in [2.45, 2.75) is 19.5 Å². The topological polar surface area (TPSA) is 64.1 Å². The van der Waals surface area contributed by atoms with E-state index in [1.165, 1.54) is 12.1 Å². The zero-order chi connectivity index (χ0) is 11.7. The minimum Gasteiger partial charge on any atom is -0.394 e. The molecule has 0 spiro atoms. The molecule has 1 unspecified atom stereocenters. The van der Waals surface area contributed by atoms with Crippen LogP contribution in [0.2, 0.25) is 0 Å². The Morgan fingerprint density at radius 2 is 2.31 bits per heavy atom. The number of aromatic nitrogens is 2. The van der Waals surface area contributed by atoms with Gasteiger partial charge < -0.3 is 15.4 Å². The minimum atomic E-state index is -0.532. The third-order valence-corrected chi connectivity index (χ3v) is 2.58. The average molecular weight is 223 g/mol. The van der Waals surface area contributed by atoms with Gasteiger partial charge >= 0.3 is 0 Å². The van der Waals surface area contributed by atoms with Gasteiger partial charge in [0.2, 0.25) is 0 Å². The van der Waals surface area contributed by atoms with Crippen LogP contribution in [0.1, 0.15) is 18.8 Å². The Hall–Kier alpha value is -1.46. The summed E-state index contributed by atoms with van der Waals surface area (Å²) in [5.41, 5.74) is 7.15. The number of imidazole rings is 1. The van der Waals surface area contributed by atoms with Crippen molar-refractivity contribution in [2.24, 2.45) is 5.73 Å². The lowest BCUT2D eigenvalue weighted by Crippen LogP contribution is -2.19. The number of aliphatic hydroxyl groups is 1. The molecule has 0 amide bonds. The molecular weight excluding hydrogens is 209 g/mol. The van der Waals surface area contributed by atoms with Crippen LogP contribution in [-0.2, 0) is 6.54 Å². The number of hydrogen-bond acceptors (Lipinski definition) is 3. The molecule has 86 valence electrons. The van der Waals surface area contributed by atoms with Crippen LogP contribution in [0, 0.1) is 5.82 Å². The molecule has 1 aromatic carbocycles. The first-order valence-corrected chi connectivity index (χ1v) is 5.19. The predicted octanol–water partition coefficient (Wildman–Crippen LogP) is 1.19. The van der Waals surface area contributed by atoms with Gasteiger partial charge in [-0.25, -0.2) is 9.37 Å². The Labute approximate surface area is 92.5 Å². The van der Waals surface area contributed by atoms with Gasteiger partial charge in [-0.3, -0.25) is 0 Å². The molecule has 2 rings (SSSR count). The summed E-state index contributed by atoms with van der Waals surface area (Å²) < 4.78 is 14.9. The molecule has 5 heteroatoms. The summed E-state index contributed by atoms with van der Waals surface area (Å²) in [4.78, 5) is 4.31. The lowest BCUT2D eigenvalue weighted by atomic mass is 10.3. The van der Waals surface area contributed by atoms with Gasteiger partial charge in [-0.05, 0) is 25.1 Å². The van der Waals surface area contributed by atoms with Crippen LogP contribution < -0.4 is 5.73 Å². The molecule has 1 heterocycles. The van der Waals surface area contributed by atoms with E-state index in [1.54, 1.807) is 6.07 Å². The second-order valence-corrected chi connectivity index (χ2v) is 3.64. The predicted molar refractivity (Wildman–Crippen MR) is 59.4 cm³/mol. The first kappa shape index (κ1) is 11.0. The van der Waals surface area contributed by atoms with Gasteiger partial charge in [0.25, 0.3) is 0 Å². The van der Waals surface area contributed by atoms with Crippen molar-refractivity contribution < 1.29 is 9.50 Å². The molecule has 0 radical (unpaired) electrons. The van der Waals surface area contributed by atoms with Gasteiger partial charge in [0.15, 0.2) is 0 Å². The molecule has 0 aliphatic rings. The smallest absolute Gasteiger partial charge is 0.129 e. The van der Waals surface area contributed by atoms with Crippen molar-refractivity contribution >= 4 is 11.0 Å². The molecule has 0 saturated carbocycles. The highest BCUT2D eigenvalue weighted by molar-refractivity contribution is 5.76. The van der Waals surface area contributed by atoms with Gasteiger partial charge in [-0.2, -0.15) is 0 Å². The van der Waals surface area contributed by atoms with E-state index in [0.717, 1.165) is 0 Å². The highest BCUT2D eigenvalue weighted by Crippen LogP contribution is 2.20. The molecule has 0 saturated heterocycles. The lowest BCUT2D eigenvalue weighted by Gasteiger charge is -2.10. The third kappa shape index (κ3) is 1.68. The summed E-state index contributed by atoms with van der Waals surface area (Å²) in [5, 5.41) is 9.04. The second-order valence-electron chi connectivity index (χ2n) is 3.64. The third-order valence-electron chi connectivity index (χ3n) is 2.58. The van der Waals surface area contributed by atoms with Crippen molar-refractivity contribution in [1.29, 1.82) is 0 Å². The van der Waals surface area contributed by atoms with E-state index >= 15 is 0 Å². The van der Waals surface area contributed by atoms with Crippen LogP contribution in [0.3, 0.4) is 0 Å². The SMILES string of the molecule is CCn1c(C(N)CO)nc2ccc(F)cc21. The molecule has 2 aromatic rings. The number of fused-ring (bicyclic) bond motifs is 1. The Balaban J connectivity index is 2.66. The van der Waals surface area contributed by atoms with Crippen LogP contribution >= 0.6 is 0 Å². The molecule has 0 aliphatic heterocycles. The van der Waals surface area contributed by atoms with E-state index in [0.29, 0.717) is 23.4 Å². The second kappa shape index (κ2) is 4.19. The van der Waals surface area contributed by atoms with Crippen molar-refractivity contribution in [3.63, 3.8) is 0 Å². The van der Waals surface area contributed by atoms with Crippen LogP contribution in [0.25, 0.3) is 11.0 Å². The molecule has 16 heavy (non-hydrogen) atoms. The quantitative estimate of drug-likeness (QED) is 0.821. The maximum Gasteiger partial charge on any atom is 0.129 e. The Morgan fingerprint density at radius 1 is 1.56 bits per heavy atom. The number of nitrogens with two attached hydrogens (primary N) is 1. The van der Waals surface area contributed by atoms with Crippen LogP contribution in [0.4, 0.5) is 4.39 Å². The van der Waals surface area contributed by atoms with Gasteiger partial charge in [0, 0.05) is 6.54 Å². The van der Waals surface area contributed by atoms with Gasteiger partial charge in [-0.15, -0.1) is 0 Å². The van der Waals surface area contributed by atoms with Gasteiger partial charge in [-0.1, -0.05) is 0 Å². The summed E-state index contributed by atoms with van der Waals surface area (Å²) in [6.45, 7) is 2.40. The highest BCUT2D eigenvalue weighted by atomic mass is 19.1. The monoisotopic (exact) mass is 223 g/mol. The van der Waals surface area contributed by atoms with E-state index in [2.05, 4.69) is 4.98 Å². The first-order valence-electron chi connectivity index (χ1n) is 5.19. The fourth-order valence-corrected chi connectivity index (χ4v) is 1.81. The van der Waals surface area contributed by atoms with Crippen LogP contribution in [0.15, 0.2) is 18.2 Å². The van der Waals surface area contributed by atoms with E-state index in [-0.39, 0.29) is 12.4 Å². The van der Waals surface area contributed by atoms with E-state index in [4.69, 9.17) is 10.8 Å². The Bertz CT molecular complexity index is 509. The molecule has 3 N–H and O–H groups in total. The minimum absolute atomic E-state index is 0.175. The zero-order valence-corrected chi connectivity index (χ0v) is 9.02. The van der Waals surface area contributed by atoms with E-state index in [9.17, 15) is 4.39 Å². The Kier molecular flexibility index (Phi) is 2.89. The summed E-state index contributed by atoms with van der Waals surface area (Å²) in [6, 6.07) is 3.88. The van der Waals surface area contributed by atoms with Gasteiger partial charge in [0.1, 0.15) is 11.6 Å². The number of hydrogen-bond donors (Lipinski definition) is 2. The highest BCUT2D eigenvalue weighted by Gasteiger charge is 2.15. The zero-order valence-electron chi connectivity index (χ0n) is 9.02. The molecule has 1 atom stereocenters. The Morgan fingerprint density at radius 3 is 2.94 bits per heavy atom. The standard InChI is InChI=1S/C11H14FN3O/c1-2-15-10-5-7(12)3-4-9(10)14-11(15)8(13)6-16/h3-5,8,16H,2,6,13H2,1H3. The fraction of sp³-hybridized carbons (Fsp3) is 0.364. The van der Waals surface area contributed by atoms with Crippen LogP contribution in [0.5, 0.6) is 0 Å².